The number of nitrogens with zero attached hydrogens (tertiary/aromatic N) is 2. The van der Waals surface area contributed by atoms with Gasteiger partial charge in [0.1, 0.15) is 11.3 Å². The fourth-order valence-corrected chi connectivity index (χ4v) is 3.05. The van der Waals surface area contributed by atoms with E-state index in [9.17, 15) is 9.18 Å². The molecule has 0 spiro atoms. The van der Waals surface area contributed by atoms with Crippen LogP contribution in [-0.4, -0.2) is 10.9 Å². The predicted octanol–water partition coefficient (Wildman–Crippen LogP) is 4.62. The number of anilines is 1. The van der Waals surface area contributed by atoms with Gasteiger partial charge in [-0.15, -0.1) is 0 Å². The molecule has 26 heavy (non-hydrogen) atoms. The molecule has 0 saturated carbocycles. The van der Waals surface area contributed by atoms with Gasteiger partial charge in [0.2, 0.25) is 5.91 Å². The van der Waals surface area contributed by atoms with Gasteiger partial charge in [-0.1, -0.05) is 38.1 Å². The Balaban J connectivity index is 1.90. The summed E-state index contributed by atoms with van der Waals surface area (Å²) in [6.07, 6.45) is 1.45. The Labute approximate surface area is 151 Å². The Kier molecular flexibility index (Phi) is 4.94. The first-order valence-corrected chi connectivity index (χ1v) is 8.35. The van der Waals surface area contributed by atoms with E-state index in [1.165, 1.54) is 12.3 Å². The van der Waals surface area contributed by atoms with Crippen molar-refractivity contribution in [1.82, 2.24) is 4.98 Å². The first-order chi connectivity index (χ1) is 12.5. The second-order valence-electron chi connectivity index (χ2n) is 6.48. The molecule has 3 aromatic rings. The maximum atomic E-state index is 13.7. The molecular formula is C21H18FN3O. The molecule has 130 valence electrons. The third-order valence-corrected chi connectivity index (χ3v) is 4.25. The van der Waals surface area contributed by atoms with Gasteiger partial charge in [0.05, 0.1) is 29.4 Å². The lowest BCUT2D eigenvalue weighted by Crippen LogP contribution is -2.25. The normalized spacial score (nSPS) is 12.0. The molecular weight excluding hydrogens is 329 g/mol. The Bertz CT molecular complexity index is 1010. The highest BCUT2D eigenvalue weighted by molar-refractivity contribution is 5.97. The number of halogens is 1. The van der Waals surface area contributed by atoms with Crippen LogP contribution in [-0.2, 0) is 4.79 Å². The van der Waals surface area contributed by atoms with Crippen LogP contribution >= 0.6 is 0 Å². The van der Waals surface area contributed by atoms with Gasteiger partial charge in [0.25, 0.3) is 0 Å². The van der Waals surface area contributed by atoms with Crippen molar-refractivity contribution < 1.29 is 9.18 Å². The lowest BCUT2D eigenvalue weighted by molar-refractivity contribution is -0.118. The molecule has 5 heteroatoms. The first kappa shape index (κ1) is 17.6. The fourth-order valence-electron chi connectivity index (χ4n) is 3.05. The van der Waals surface area contributed by atoms with E-state index < -0.39 is 11.7 Å². The summed E-state index contributed by atoms with van der Waals surface area (Å²) in [4.78, 5) is 17.0. The highest BCUT2D eigenvalue weighted by Crippen LogP contribution is 2.27. The summed E-state index contributed by atoms with van der Waals surface area (Å²) in [5.74, 6) is -0.956. The van der Waals surface area contributed by atoms with Gasteiger partial charge in [-0.05, 0) is 35.7 Å². The summed E-state index contributed by atoms with van der Waals surface area (Å²) in [6.45, 7) is 3.91. The van der Waals surface area contributed by atoms with Crippen molar-refractivity contribution in [2.24, 2.45) is 5.92 Å². The van der Waals surface area contributed by atoms with E-state index in [1.54, 1.807) is 36.4 Å². The van der Waals surface area contributed by atoms with E-state index >= 15 is 0 Å². The number of carbonyl (C=O) groups is 1. The Hall–Kier alpha value is -3.26. The zero-order chi connectivity index (χ0) is 18.7. The molecule has 1 unspecified atom stereocenters. The Morgan fingerprint density at radius 2 is 1.96 bits per heavy atom. The summed E-state index contributed by atoms with van der Waals surface area (Å²) in [7, 11) is 0. The minimum atomic E-state index is -0.411. The van der Waals surface area contributed by atoms with Gasteiger partial charge >= 0.3 is 0 Å². The van der Waals surface area contributed by atoms with Crippen LogP contribution in [0.5, 0.6) is 0 Å². The monoisotopic (exact) mass is 347 g/mol. The summed E-state index contributed by atoms with van der Waals surface area (Å²) >= 11 is 0. The highest BCUT2D eigenvalue weighted by atomic mass is 19.1. The molecule has 0 aliphatic carbocycles. The van der Waals surface area contributed by atoms with Crippen LogP contribution in [0.15, 0.2) is 54.7 Å². The number of hydrogen-bond acceptors (Lipinski definition) is 3. The molecule has 3 rings (SSSR count). The summed E-state index contributed by atoms with van der Waals surface area (Å²) in [5, 5.41) is 12.6. The third kappa shape index (κ3) is 3.55. The standard InChI is InChI=1S/C21H18FN3O/c1-13(2)19(15-6-3-5-14(9-15)11-23)21(26)25-17-10-16-7-4-8-18(22)20(16)24-12-17/h3-10,12-13,19H,1-2H3,(H,25,26). The van der Waals surface area contributed by atoms with Crippen molar-refractivity contribution in [3.63, 3.8) is 0 Å². The lowest BCUT2D eigenvalue weighted by atomic mass is 9.87. The van der Waals surface area contributed by atoms with Crippen LogP contribution in [0.3, 0.4) is 0 Å². The average Bonchev–Trinajstić information content (AvgIpc) is 2.62. The average molecular weight is 347 g/mol. The van der Waals surface area contributed by atoms with Crippen molar-refractivity contribution in [1.29, 1.82) is 5.26 Å². The number of amides is 1. The van der Waals surface area contributed by atoms with Crippen molar-refractivity contribution in [3.05, 3.63) is 71.7 Å². The Morgan fingerprint density at radius 1 is 1.19 bits per heavy atom. The van der Waals surface area contributed by atoms with Gasteiger partial charge < -0.3 is 5.32 Å². The van der Waals surface area contributed by atoms with Crippen molar-refractivity contribution in [2.75, 3.05) is 5.32 Å². The number of nitriles is 1. The maximum Gasteiger partial charge on any atom is 0.232 e. The van der Waals surface area contributed by atoms with E-state index in [0.717, 1.165) is 5.56 Å². The van der Waals surface area contributed by atoms with Gasteiger partial charge in [-0.3, -0.25) is 9.78 Å². The Morgan fingerprint density at radius 3 is 2.69 bits per heavy atom. The molecule has 0 fully saturated rings. The van der Waals surface area contributed by atoms with E-state index in [0.29, 0.717) is 16.6 Å². The van der Waals surface area contributed by atoms with Crippen LogP contribution < -0.4 is 5.32 Å². The zero-order valence-corrected chi connectivity index (χ0v) is 14.5. The number of rotatable bonds is 4. The minimum Gasteiger partial charge on any atom is -0.324 e. The smallest absolute Gasteiger partial charge is 0.232 e. The van der Waals surface area contributed by atoms with Crippen LogP contribution in [0.4, 0.5) is 10.1 Å². The molecule has 1 aromatic heterocycles. The number of hydrogen-bond donors (Lipinski definition) is 1. The molecule has 1 atom stereocenters. The van der Waals surface area contributed by atoms with E-state index in [1.807, 2.05) is 19.9 Å². The zero-order valence-electron chi connectivity index (χ0n) is 14.5. The summed E-state index contributed by atoms with van der Waals surface area (Å²) in [6, 6.07) is 15.6. The first-order valence-electron chi connectivity index (χ1n) is 8.35. The van der Waals surface area contributed by atoms with Crippen molar-refractivity contribution in [2.45, 2.75) is 19.8 Å². The van der Waals surface area contributed by atoms with Crippen LogP contribution in [0.25, 0.3) is 10.9 Å². The van der Waals surface area contributed by atoms with E-state index in [4.69, 9.17) is 5.26 Å². The van der Waals surface area contributed by atoms with Crippen LogP contribution in [0.2, 0.25) is 0 Å². The highest BCUT2D eigenvalue weighted by Gasteiger charge is 2.24. The van der Waals surface area contributed by atoms with E-state index in [2.05, 4.69) is 16.4 Å². The molecule has 0 aliphatic rings. The number of fused-ring (bicyclic) bond motifs is 1. The molecule has 0 bridgehead atoms. The van der Waals surface area contributed by atoms with Crippen LogP contribution in [0, 0.1) is 23.1 Å². The van der Waals surface area contributed by atoms with Crippen molar-refractivity contribution >= 4 is 22.5 Å². The van der Waals surface area contributed by atoms with Gasteiger partial charge in [0.15, 0.2) is 0 Å². The molecule has 1 N–H and O–H groups in total. The number of benzene rings is 2. The number of nitrogens with one attached hydrogen (secondary N) is 1. The maximum absolute atomic E-state index is 13.7. The second-order valence-corrected chi connectivity index (χ2v) is 6.48. The van der Waals surface area contributed by atoms with Gasteiger partial charge in [0, 0.05) is 5.39 Å². The number of pyridine rings is 1. The largest absolute Gasteiger partial charge is 0.324 e. The number of aromatic nitrogens is 1. The molecule has 0 saturated heterocycles. The number of carbonyl (C=O) groups excluding carboxylic acids is 1. The lowest BCUT2D eigenvalue weighted by Gasteiger charge is -2.21. The summed E-state index contributed by atoms with van der Waals surface area (Å²) in [5.41, 5.74) is 2.09. The second kappa shape index (κ2) is 7.32. The third-order valence-electron chi connectivity index (χ3n) is 4.25. The van der Waals surface area contributed by atoms with Crippen molar-refractivity contribution in [3.8, 4) is 6.07 Å². The number of para-hydroxylation sites is 1. The molecule has 2 aromatic carbocycles. The topological polar surface area (TPSA) is 65.8 Å². The van der Waals surface area contributed by atoms with Gasteiger partial charge in [-0.2, -0.15) is 5.26 Å². The molecule has 1 amide bonds. The molecule has 1 heterocycles. The quantitative estimate of drug-likeness (QED) is 0.748. The van der Waals surface area contributed by atoms with Gasteiger partial charge in [-0.25, -0.2) is 4.39 Å². The predicted molar refractivity (Wildman–Crippen MR) is 99.1 cm³/mol. The summed E-state index contributed by atoms with van der Waals surface area (Å²) < 4.78 is 13.7. The SMILES string of the molecule is CC(C)C(C(=O)Nc1cnc2c(F)cccc2c1)c1cccc(C#N)c1. The molecule has 4 nitrogen and oxygen atoms in total. The molecule has 0 aliphatic heterocycles. The fraction of sp³-hybridized carbons (Fsp3) is 0.190. The minimum absolute atomic E-state index is 0.0369. The van der Waals surface area contributed by atoms with E-state index in [-0.39, 0.29) is 17.3 Å². The van der Waals surface area contributed by atoms with Crippen LogP contribution in [0.1, 0.15) is 30.9 Å². The molecule has 0 radical (unpaired) electrons.